The Hall–Kier alpha value is -1.09. The van der Waals surface area contributed by atoms with Gasteiger partial charge in [0.2, 0.25) is 0 Å². The number of hydrogen-bond acceptors (Lipinski definition) is 2. The average molecular weight is 183 g/mol. The molecule has 0 unspecified atom stereocenters. The van der Waals surface area contributed by atoms with Gasteiger partial charge in [0.25, 0.3) is 0 Å². The SMILES string of the molecule is COc1cc(CN(C)C)ccc1F. The summed E-state index contributed by atoms with van der Waals surface area (Å²) in [5.74, 6) is -0.00986. The highest BCUT2D eigenvalue weighted by atomic mass is 19.1. The first-order valence-electron chi connectivity index (χ1n) is 4.10. The molecule has 0 fully saturated rings. The standard InChI is InChI=1S/C10H14FNO/c1-12(2)7-8-4-5-9(11)10(6-8)13-3/h4-6H,7H2,1-3H3. The lowest BCUT2D eigenvalue weighted by Gasteiger charge is -2.10. The predicted molar refractivity (Wildman–Crippen MR) is 50.3 cm³/mol. The Balaban J connectivity index is 2.86. The minimum Gasteiger partial charge on any atom is -0.494 e. The van der Waals surface area contributed by atoms with Gasteiger partial charge in [0, 0.05) is 6.54 Å². The summed E-state index contributed by atoms with van der Waals surface area (Å²) in [5.41, 5.74) is 1.04. The zero-order chi connectivity index (χ0) is 9.84. The molecule has 0 aliphatic carbocycles. The van der Waals surface area contributed by atoms with Gasteiger partial charge < -0.3 is 9.64 Å². The fraction of sp³-hybridized carbons (Fsp3) is 0.400. The van der Waals surface area contributed by atoms with Gasteiger partial charge in [-0.2, -0.15) is 0 Å². The van der Waals surface area contributed by atoms with E-state index in [0.29, 0.717) is 5.75 Å². The summed E-state index contributed by atoms with van der Waals surface area (Å²) in [6.07, 6.45) is 0. The van der Waals surface area contributed by atoms with Crippen LogP contribution in [0.4, 0.5) is 4.39 Å². The van der Waals surface area contributed by atoms with Crippen molar-refractivity contribution < 1.29 is 9.13 Å². The van der Waals surface area contributed by atoms with E-state index >= 15 is 0 Å². The van der Waals surface area contributed by atoms with E-state index in [1.807, 2.05) is 19.0 Å². The number of rotatable bonds is 3. The molecule has 0 aliphatic rings. The summed E-state index contributed by atoms with van der Waals surface area (Å²) >= 11 is 0. The highest BCUT2D eigenvalue weighted by molar-refractivity contribution is 5.30. The van der Waals surface area contributed by atoms with E-state index in [9.17, 15) is 4.39 Å². The lowest BCUT2D eigenvalue weighted by atomic mass is 10.2. The first-order chi connectivity index (χ1) is 6.13. The zero-order valence-electron chi connectivity index (χ0n) is 8.17. The van der Waals surface area contributed by atoms with E-state index < -0.39 is 0 Å². The van der Waals surface area contributed by atoms with Crippen molar-refractivity contribution in [2.75, 3.05) is 21.2 Å². The van der Waals surface area contributed by atoms with Gasteiger partial charge in [-0.3, -0.25) is 0 Å². The monoisotopic (exact) mass is 183 g/mol. The van der Waals surface area contributed by atoms with Crippen LogP contribution in [0.1, 0.15) is 5.56 Å². The van der Waals surface area contributed by atoms with Gasteiger partial charge >= 0.3 is 0 Å². The molecule has 0 saturated carbocycles. The molecule has 0 aromatic heterocycles. The quantitative estimate of drug-likeness (QED) is 0.709. The highest BCUT2D eigenvalue weighted by Crippen LogP contribution is 2.18. The van der Waals surface area contributed by atoms with Crippen molar-refractivity contribution in [2.45, 2.75) is 6.54 Å². The van der Waals surface area contributed by atoms with Gasteiger partial charge in [-0.15, -0.1) is 0 Å². The molecule has 72 valence electrons. The van der Waals surface area contributed by atoms with Crippen LogP contribution in [0.3, 0.4) is 0 Å². The summed E-state index contributed by atoms with van der Waals surface area (Å²) in [6, 6.07) is 4.91. The molecule has 0 N–H and O–H groups in total. The van der Waals surface area contributed by atoms with Gasteiger partial charge in [-0.25, -0.2) is 4.39 Å². The molecule has 13 heavy (non-hydrogen) atoms. The molecule has 2 nitrogen and oxygen atoms in total. The first-order valence-corrected chi connectivity index (χ1v) is 4.10. The second kappa shape index (κ2) is 4.23. The molecule has 0 spiro atoms. The second-order valence-corrected chi connectivity index (χ2v) is 3.21. The summed E-state index contributed by atoms with van der Waals surface area (Å²) in [4.78, 5) is 2.02. The summed E-state index contributed by atoms with van der Waals surface area (Å²) in [6.45, 7) is 0.788. The molecule has 3 heteroatoms. The largest absolute Gasteiger partial charge is 0.494 e. The fourth-order valence-corrected chi connectivity index (χ4v) is 1.17. The van der Waals surface area contributed by atoms with Crippen molar-refractivity contribution in [1.29, 1.82) is 0 Å². The third-order valence-corrected chi connectivity index (χ3v) is 1.71. The Morgan fingerprint density at radius 2 is 2.08 bits per heavy atom. The number of methoxy groups -OCH3 is 1. The van der Waals surface area contributed by atoms with Crippen LogP contribution in [-0.4, -0.2) is 26.1 Å². The molecular weight excluding hydrogens is 169 g/mol. The van der Waals surface area contributed by atoms with E-state index in [2.05, 4.69) is 0 Å². The number of halogens is 1. The molecule has 0 bridgehead atoms. The molecule has 1 rings (SSSR count). The predicted octanol–water partition coefficient (Wildman–Crippen LogP) is 1.90. The van der Waals surface area contributed by atoms with Crippen LogP contribution in [-0.2, 0) is 6.54 Å². The lowest BCUT2D eigenvalue weighted by Crippen LogP contribution is -2.10. The average Bonchev–Trinajstić information content (AvgIpc) is 2.07. The molecule has 1 aromatic carbocycles. The molecule has 0 atom stereocenters. The molecule has 1 aromatic rings. The van der Waals surface area contributed by atoms with Crippen molar-refractivity contribution in [3.8, 4) is 5.75 Å². The van der Waals surface area contributed by atoms with Crippen LogP contribution in [0.15, 0.2) is 18.2 Å². The normalized spacial score (nSPS) is 10.5. The molecule has 0 saturated heterocycles. The number of benzene rings is 1. The van der Waals surface area contributed by atoms with Crippen LogP contribution in [0.2, 0.25) is 0 Å². The maximum atomic E-state index is 13.0. The Bertz CT molecular complexity index is 286. The van der Waals surface area contributed by atoms with Crippen LogP contribution >= 0.6 is 0 Å². The van der Waals surface area contributed by atoms with Gasteiger partial charge in [0.05, 0.1) is 7.11 Å². The summed E-state index contributed by atoms with van der Waals surface area (Å²) in [5, 5.41) is 0. The van der Waals surface area contributed by atoms with Gasteiger partial charge in [-0.1, -0.05) is 6.07 Å². The smallest absolute Gasteiger partial charge is 0.165 e. The van der Waals surface area contributed by atoms with E-state index in [-0.39, 0.29) is 5.82 Å². The lowest BCUT2D eigenvalue weighted by molar-refractivity contribution is 0.379. The second-order valence-electron chi connectivity index (χ2n) is 3.21. The van der Waals surface area contributed by atoms with Crippen molar-refractivity contribution in [3.05, 3.63) is 29.6 Å². The van der Waals surface area contributed by atoms with Crippen molar-refractivity contribution in [2.24, 2.45) is 0 Å². The minimum absolute atomic E-state index is 0.305. The van der Waals surface area contributed by atoms with Crippen molar-refractivity contribution >= 4 is 0 Å². The Kier molecular flexibility index (Phi) is 3.25. The first kappa shape index (κ1) is 9.99. The van der Waals surface area contributed by atoms with Crippen molar-refractivity contribution in [3.63, 3.8) is 0 Å². The maximum absolute atomic E-state index is 13.0. The molecule has 0 radical (unpaired) electrons. The summed E-state index contributed by atoms with van der Waals surface area (Å²) in [7, 11) is 5.41. The Morgan fingerprint density at radius 1 is 1.38 bits per heavy atom. The highest BCUT2D eigenvalue weighted by Gasteiger charge is 2.03. The van der Waals surface area contributed by atoms with Crippen LogP contribution in [0.5, 0.6) is 5.75 Å². The molecule has 0 heterocycles. The molecule has 0 aliphatic heterocycles. The van der Waals surface area contributed by atoms with Gasteiger partial charge in [-0.05, 0) is 31.8 Å². The van der Waals surface area contributed by atoms with E-state index in [0.717, 1.165) is 12.1 Å². The van der Waals surface area contributed by atoms with E-state index in [1.165, 1.54) is 13.2 Å². The maximum Gasteiger partial charge on any atom is 0.165 e. The fourth-order valence-electron chi connectivity index (χ4n) is 1.17. The van der Waals surface area contributed by atoms with Crippen LogP contribution < -0.4 is 4.74 Å². The molecular formula is C10H14FNO. The van der Waals surface area contributed by atoms with Gasteiger partial charge in [0.15, 0.2) is 11.6 Å². The van der Waals surface area contributed by atoms with Crippen LogP contribution in [0, 0.1) is 5.82 Å². The van der Waals surface area contributed by atoms with Crippen LogP contribution in [0.25, 0.3) is 0 Å². The molecule has 0 amide bonds. The van der Waals surface area contributed by atoms with Crippen molar-refractivity contribution in [1.82, 2.24) is 4.90 Å². The number of ether oxygens (including phenoxy) is 1. The number of nitrogens with zero attached hydrogens (tertiary/aromatic N) is 1. The zero-order valence-corrected chi connectivity index (χ0v) is 8.17. The third-order valence-electron chi connectivity index (χ3n) is 1.71. The Morgan fingerprint density at radius 3 is 2.62 bits per heavy atom. The Labute approximate surface area is 77.9 Å². The minimum atomic E-state index is -0.315. The number of hydrogen-bond donors (Lipinski definition) is 0. The topological polar surface area (TPSA) is 12.5 Å². The summed E-state index contributed by atoms with van der Waals surface area (Å²) < 4.78 is 17.8. The van der Waals surface area contributed by atoms with E-state index in [1.54, 1.807) is 12.1 Å². The van der Waals surface area contributed by atoms with Gasteiger partial charge in [0.1, 0.15) is 0 Å². The third kappa shape index (κ3) is 2.70. The van der Waals surface area contributed by atoms with E-state index in [4.69, 9.17) is 4.74 Å².